The van der Waals surface area contributed by atoms with Crippen LogP contribution in [0.25, 0.3) is 6.08 Å². The fourth-order valence-corrected chi connectivity index (χ4v) is 3.81. The molecule has 2 aromatic rings. The Morgan fingerprint density at radius 1 is 1.05 bits per heavy atom. The van der Waals surface area contributed by atoms with Crippen molar-refractivity contribution < 1.29 is 38.1 Å². The number of nitrogens with zero attached hydrogens (tertiary/aromatic N) is 1. The van der Waals surface area contributed by atoms with Crippen LogP contribution < -0.4 is 24.8 Å². The second-order valence-corrected chi connectivity index (χ2v) is 8.25. The highest BCUT2D eigenvalue weighted by Gasteiger charge is 2.36. The Hall–Kier alpha value is -4.54. The standard InChI is InChI=1S/C27H31N3O8/c1-18(31)29-21(15-19-9-10-23(35-2)24(16-19)36-3)27(34)30-12-11-28-26(33)22(30)17-25(32)38-14-13-37-20-7-5-4-6-8-20/h4-10,15-16,22H,11-14,17H2,1-3H3,(H,28,33)(H,29,31)/b21-15-. The molecule has 1 heterocycles. The van der Waals surface area contributed by atoms with Crippen molar-refractivity contribution in [3.05, 3.63) is 59.8 Å². The van der Waals surface area contributed by atoms with Crippen LogP contribution in [0.3, 0.4) is 0 Å². The third-order valence-corrected chi connectivity index (χ3v) is 5.57. The molecule has 11 heteroatoms. The highest BCUT2D eigenvalue weighted by Crippen LogP contribution is 2.28. The molecule has 1 fully saturated rings. The summed E-state index contributed by atoms with van der Waals surface area (Å²) in [6, 6.07) is 12.9. The van der Waals surface area contributed by atoms with Gasteiger partial charge in [0.2, 0.25) is 11.8 Å². The predicted octanol–water partition coefficient (Wildman–Crippen LogP) is 1.52. The van der Waals surface area contributed by atoms with E-state index >= 15 is 0 Å². The monoisotopic (exact) mass is 525 g/mol. The van der Waals surface area contributed by atoms with Gasteiger partial charge >= 0.3 is 5.97 Å². The lowest BCUT2D eigenvalue weighted by Gasteiger charge is -2.35. The maximum Gasteiger partial charge on any atom is 0.308 e. The van der Waals surface area contributed by atoms with Gasteiger partial charge in [-0.25, -0.2) is 0 Å². The van der Waals surface area contributed by atoms with Crippen LogP contribution in [0.15, 0.2) is 54.2 Å². The van der Waals surface area contributed by atoms with Gasteiger partial charge in [-0.1, -0.05) is 24.3 Å². The summed E-state index contributed by atoms with van der Waals surface area (Å²) in [6.07, 6.45) is 1.11. The topological polar surface area (TPSA) is 132 Å². The third-order valence-electron chi connectivity index (χ3n) is 5.57. The van der Waals surface area contributed by atoms with Crippen LogP contribution in [0.2, 0.25) is 0 Å². The fraction of sp³-hybridized carbons (Fsp3) is 0.333. The molecule has 11 nitrogen and oxygen atoms in total. The predicted molar refractivity (Wildman–Crippen MR) is 137 cm³/mol. The number of amides is 3. The van der Waals surface area contributed by atoms with Crippen molar-refractivity contribution in [2.24, 2.45) is 0 Å². The third kappa shape index (κ3) is 7.73. The molecule has 0 aliphatic carbocycles. The van der Waals surface area contributed by atoms with Crippen molar-refractivity contribution in [1.82, 2.24) is 15.5 Å². The van der Waals surface area contributed by atoms with Gasteiger partial charge in [-0.3, -0.25) is 19.2 Å². The largest absolute Gasteiger partial charge is 0.493 e. The number of esters is 1. The highest BCUT2D eigenvalue weighted by molar-refractivity contribution is 6.03. The second-order valence-electron chi connectivity index (χ2n) is 8.25. The smallest absolute Gasteiger partial charge is 0.308 e. The molecule has 3 amide bonds. The number of rotatable bonds is 11. The van der Waals surface area contributed by atoms with Gasteiger partial charge in [-0.05, 0) is 35.9 Å². The maximum atomic E-state index is 13.5. The van der Waals surface area contributed by atoms with Crippen LogP contribution in [0, 0.1) is 0 Å². The van der Waals surface area contributed by atoms with Crippen molar-refractivity contribution >= 4 is 29.8 Å². The number of para-hydroxylation sites is 1. The molecule has 1 atom stereocenters. The van der Waals surface area contributed by atoms with E-state index < -0.39 is 29.7 Å². The van der Waals surface area contributed by atoms with Gasteiger partial charge in [-0.2, -0.15) is 0 Å². The molecule has 0 bridgehead atoms. The highest BCUT2D eigenvalue weighted by atomic mass is 16.6. The van der Waals surface area contributed by atoms with Crippen molar-refractivity contribution in [3.8, 4) is 17.2 Å². The Balaban J connectivity index is 1.72. The molecule has 1 aliphatic heterocycles. The van der Waals surface area contributed by atoms with Crippen LogP contribution >= 0.6 is 0 Å². The van der Waals surface area contributed by atoms with Crippen LogP contribution in [0.5, 0.6) is 17.2 Å². The van der Waals surface area contributed by atoms with Crippen LogP contribution in [-0.4, -0.2) is 75.2 Å². The SMILES string of the molecule is COc1ccc(/C=C(\NC(C)=O)C(=O)N2CCNC(=O)C2CC(=O)OCCOc2ccccc2)cc1OC. The van der Waals surface area contributed by atoms with Crippen LogP contribution in [0.1, 0.15) is 18.9 Å². The summed E-state index contributed by atoms with van der Waals surface area (Å²) < 4.78 is 21.3. The Bertz CT molecular complexity index is 1180. The average Bonchev–Trinajstić information content (AvgIpc) is 2.91. The molecular weight excluding hydrogens is 494 g/mol. The van der Waals surface area contributed by atoms with Gasteiger partial charge in [-0.15, -0.1) is 0 Å². The van der Waals surface area contributed by atoms with Crippen molar-refractivity contribution in [2.45, 2.75) is 19.4 Å². The van der Waals surface area contributed by atoms with E-state index in [0.717, 1.165) is 0 Å². The number of nitrogens with one attached hydrogen (secondary N) is 2. The van der Waals surface area contributed by atoms with E-state index in [4.69, 9.17) is 18.9 Å². The minimum absolute atomic E-state index is 0.0215. The fourth-order valence-electron chi connectivity index (χ4n) is 3.81. The minimum Gasteiger partial charge on any atom is -0.493 e. The lowest BCUT2D eigenvalue weighted by atomic mass is 10.1. The van der Waals surface area contributed by atoms with E-state index in [1.807, 2.05) is 18.2 Å². The zero-order valence-corrected chi connectivity index (χ0v) is 21.5. The lowest BCUT2D eigenvalue weighted by molar-refractivity contribution is -0.151. The quantitative estimate of drug-likeness (QED) is 0.256. The molecule has 0 radical (unpaired) electrons. The first-order valence-electron chi connectivity index (χ1n) is 12.0. The van der Waals surface area contributed by atoms with Gasteiger partial charge < -0.3 is 34.5 Å². The molecule has 0 aromatic heterocycles. The van der Waals surface area contributed by atoms with Crippen molar-refractivity contribution in [2.75, 3.05) is 40.5 Å². The van der Waals surface area contributed by atoms with E-state index in [-0.39, 0.29) is 38.4 Å². The number of ether oxygens (including phenoxy) is 4. The van der Waals surface area contributed by atoms with E-state index in [2.05, 4.69) is 10.6 Å². The summed E-state index contributed by atoms with van der Waals surface area (Å²) in [5.41, 5.74) is 0.490. The van der Waals surface area contributed by atoms with Gasteiger partial charge in [0, 0.05) is 20.0 Å². The Labute approximate surface area is 220 Å². The number of carbonyl (C=O) groups excluding carboxylic acids is 4. The zero-order chi connectivity index (χ0) is 27.5. The van der Waals surface area contributed by atoms with Gasteiger partial charge in [0.25, 0.3) is 5.91 Å². The summed E-state index contributed by atoms with van der Waals surface area (Å²) in [5.74, 6) is -0.667. The molecule has 1 unspecified atom stereocenters. The first-order chi connectivity index (χ1) is 18.3. The van der Waals surface area contributed by atoms with Gasteiger partial charge in [0.15, 0.2) is 11.5 Å². The van der Waals surface area contributed by atoms with Crippen molar-refractivity contribution in [3.63, 3.8) is 0 Å². The summed E-state index contributed by atoms with van der Waals surface area (Å²) in [6.45, 7) is 1.72. The van der Waals surface area contributed by atoms with E-state index in [1.54, 1.807) is 30.3 Å². The number of hydrogen-bond donors (Lipinski definition) is 2. The number of benzene rings is 2. The average molecular weight is 526 g/mol. The Kier molecular flexibility index (Phi) is 10.1. The molecule has 38 heavy (non-hydrogen) atoms. The van der Waals surface area contributed by atoms with Crippen LogP contribution in [0.4, 0.5) is 0 Å². The molecular formula is C27H31N3O8. The van der Waals surface area contributed by atoms with Gasteiger partial charge in [0.1, 0.15) is 30.7 Å². The number of piperazine rings is 1. The van der Waals surface area contributed by atoms with Crippen LogP contribution in [-0.2, 0) is 23.9 Å². The van der Waals surface area contributed by atoms with E-state index in [9.17, 15) is 19.2 Å². The summed E-state index contributed by atoms with van der Waals surface area (Å²) in [5, 5.41) is 5.20. The first-order valence-corrected chi connectivity index (χ1v) is 12.0. The minimum atomic E-state index is -1.11. The molecule has 1 saturated heterocycles. The zero-order valence-electron chi connectivity index (χ0n) is 21.5. The Morgan fingerprint density at radius 2 is 1.79 bits per heavy atom. The maximum absolute atomic E-state index is 13.5. The van der Waals surface area contributed by atoms with Crippen molar-refractivity contribution in [1.29, 1.82) is 0 Å². The molecule has 0 saturated carbocycles. The number of hydrogen-bond acceptors (Lipinski definition) is 8. The summed E-state index contributed by atoms with van der Waals surface area (Å²) >= 11 is 0. The molecule has 2 aromatic carbocycles. The molecule has 1 aliphatic rings. The van der Waals surface area contributed by atoms with Gasteiger partial charge in [0.05, 0.1) is 20.6 Å². The first kappa shape index (κ1) is 28.0. The summed E-state index contributed by atoms with van der Waals surface area (Å²) in [4.78, 5) is 51.8. The molecule has 0 spiro atoms. The Morgan fingerprint density at radius 3 is 2.47 bits per heavy atom. The number of carbonyl (C=O) groups is 4. The lowest BCUT2D eigenvalue weighted by Crippen LogP contribution is -2.58. The molecule has 3 rings (SSSR count). The molecule has 2 N–H and O–H groups in total. The number of methoxy groups -OCH3 is 2. The normalized spacial score (nSPS) is 15.2. The van der Waals surface area contributed by atoms with E-state index in [1.165, 1.54) is 32.1 Å². The second kappa shape index (κ2) is 13.7. The molecule has 202 valence electrons. The summed E-state index contributed by atoms with van der Waals surface area (Å²) in [7, 11) is 2.98. The van der Waals surface area contributed by atoms with E-state index in [0.29, 0.717) is 22.8 Å².